The Morgan fingerprint density at radius 3 is 2.70 bits per heavy atom. The van der Waals surface area contributed by atoms with Gasteiger partial charge in [-0.3, -0.25) is 4.79 Å². The Morgan fingerprint density at radius 2 is 2.07 bits per heavy atom. The highest BCUT2D eigenvalue weighted by Gasteiger charge is 2.31. The summed E-state index contributed by atoms with van der Waals surface area (Å²) in [5.74, 6) is -1.03. The second-order valence-corrected chi connectivity index (χ2v) is 8.68. The zero-order chi connectivity index (χ0) is 19.4. The fourth-order valence-corrected chi connectivity index (χ4v) is 4.63. The van der Waals surface area contributed by atoms with Crippen LogP contribution >= 0.6 is 11.8 Å². The first kappa shape index (κ1) is 19.1. The molecule has 1 aliphatic heterocycles. The molecule has 0 bridgehead atoms. The molecule has 1 aromatic carbocycles. The Balaban J connectivity index is 1.81. The van der Waals surface area contributed by atoms with E-state index in [2.05, 4.69) is 4.98 Å². The van der Waals surface area contributed by atoms with Crippen LogP contribution in [0.2, 0.25) is 0 Å². The average molecular weight is 403 g/mol. The highest BCUT2D eigenvalue weighted by atomic mass is 32.2. The highest BCUT2D eigenvalue weighted by Crippen LogP contribution is 2.25. The van der Waals surface area contributed by atoms with Gasteiger partial charge in [0.15, 0.2) is 9.84 Å². The number of nitriles is 1. The summed E-state index contributed by atoms with van der Waals surface area (Å²) in [5.41, 5.74) is 0.840. The number of sulfone groups is 1. The van der Waals surface area contributed by atoms with Gasteiger partial charge >= 0.3 is 0 Å². The molecule has 0 saturated carbocycles. The summed E-state index contributed by atoms with van der Waals surface area (Å²) in [4.78, 5) is 18.3. The Bertz CT molecular complexity index is 1030. The lowest BCUT2D eigenvalue weighted by Crippen LogP contribution is -2.42. The van der Waals surface area contributed by atoms with Gasteiger partial charge in [0, 0.05) is 17.3 Å². The number of hydrogen-bond acceptors (Lipinski definition) is 6. The molecule has 0 saturated heterocycles. The van der Waals surface area contributed by atoms with Crippen LogP contribution in [0.1, 0.15) is 5.56 Å². The molecule has 0 radical (unpaired) electrons. The van der Waals surface area contributed by atoms with Gasteiger partial charge < -0.3 is 4.90 Å². The molecular formula is C18H14FN3O3S2. The monoisotopic (exact) mass is 403 g/mol. The molecule has 6 nitrogen and oxygen atoms in total. The normalized spacial score (nSPS) is 17.4. The van der Waals surface area contributed by atoms with Crippen molar-refractivity contribution in [2.45, 2.75) is 11.1 Å². The van der Waals surface area contributed by atoms with Crippen molar-refractivity contribution >= 4 is 33.2 Å². The highest BCUT2D eigenvalue weighted by molar-refractivity contribution is 7.99. The van der Waals surface area contributed by atoms with Crippen molar-refractivity contribution in [3.8, 4) is 6.07 Å². The summed E-state index contributed by atoms with van der Waals surface area (Å²) < 4.78 is 36.8. The molecule has 0 N–H and O–H groups in total. The third-order valence-electron chi connectivity index (χ3n) is 3.82. The van der Waals surface area contributed by atoms with Gasteiger partial charge in [0.2, 0.25) is 5.91 Å². The molecular weight excluding hydrogens is 389 g/mol. The third kappa shape index (κ3) is 4.72. The molecule has 3 rings (SSSR count). The van der Waals surface area contributed by atoms with Crippen LogP contribution < -0.4 is 4.90 Å². The number of carbonyl (C=O) groups is 1. The molecule has 1 aromatic heterocycles. The predicted molar refractivity (Wildman–Crippen MR) is 100 cm³/mol. The first-order chi connectivity index (χ1) is 12.9. The smallest absolute Gasteiger partial charge is 0.237 e. The maximum atomic E-state index is 13.2. The SMILES string of the molecule is N#Cc1ccnc(SCC(=O)N(c2ccc(F)cc2)[C@@H]2C=CS(=O)(=O)C2)c1. The van der Waals surface area contributed by atoms with Crippen molar-refractivity contribution in [1.82, 2.24) is 4.98 Å². The molecule has 0 unspecified atom stereocenters. The Labute approximate surface area is 160 Å². The second-order valence-electron chi connectivity index (χ2n) is 5.75. The molecule has 1 aliphatic rings. The predicted octanol–water partition coefficient (Wildman–Crippen LogP) is 2.53. The van der Waals surface area contributed by atoms with Crippen LogP contribution in [0.25, 0.3) is 0 Å². The average Bonchev–Trinajstić information content (AvgIpc) is 3.01. The Hall–Kier alpha value is -2.70. The summed E-state index contributed by atoms with van der Waals surface area (Å²) in [7, 11) is -3.37. The molecule has 0 spiro atoms. The van der Waals surface area contributed by atoms with Gasteiger partial charge in [0.05, 0.1) is 34.2 Å². The van der Waals surface area contributed by atoms with E-state index < -0.39 is 21.7 Å². The molecule has 0 fully saturated rings. The van der Waals surface area contributed by atoms with E-state index in [-0.39, 0.29) is 17.4 Å². The summed E-state index contributed by atoms with van der Waals surface area (Å²) in [6, 6.07) is 9.78. The van der Waals surface area contributed by atoms with Crippen molar-refractivity contribution in [1.29, 1.82) is 5.26 Å². The molecule has 1 amide bonds. The van der Waals surface area contributed by atoms with E-state index in [1.807, 2.05) is 6.07 Å². The van der Waals surface area contributed by atoms with E-state index in [0.29, 0.717) is 16.3 Å². The van der Waals surface area contributed by atoms with Gasteiger partial charge in [-0.2, -0.15) is 5.26 Å². The van der Waals surface area contributed by atoms with Crippen LogP contribution in [0.3, 0.4) is 0 Å². The first-order valence-electron chi connectivity index (χ1n) is 7.85. The van der Waals surface area contributed by atoms with Crippen LogP contribution in [0.5, 0.6) is 0 Å². The molecule has 0 aliphatic carbocycles. The second kappa shape index (κ2) is 7.90. The van der Waals surface area contributed by atoms with Gasteiger partial charge in [-0.25, -0.2) is 17.8 Å². The molecule has 138 valence electrons. The van der Waals surface area contributed by atoms with E-state index in [0.717, 1.165) is 17.2 Å². The van der Waals surface area contributed by atoms with Gasteiger partial charge in [0.25, 0.3) is 0 Å². The van der Waals surface area contributed by atoms with Crippen molar-refractivity contribution < 1.29 is 17.6 Å². The standard InChI is InChI=1S/C18H14FN3O3S2/c19-14-1-3-15(4-2-14)22(16-6-8-27(24,25)12-16)18(23)11-26-17-9-13(10-20)5-7-21-17/h1-9,16H,11-12H2/t16-/m1/s1. The van der Waals surface area contributed by atoms with Gasteiger partial charge in [0.1, 0.15) is 5.82 Å². The number of rotatable bonds is 5. The first-order valence-corrected chi connectivity index (χ1v) is 10.6. The Morgan fingerprint density at radius 1 is 1.33 bits per heavy atom. The largest absolute Gasteiger partial charge is 0.304 e. The lowest BCUT2D eigenvalue weighted by Gasteiger charge is -2.27. The number of carbonyl (C=O) groups excluding carboxylic acids is 1. The third-order valence-corrected chi connectivity index (χ3v) is 6.11. The zero-order valence-corrected chi connectivity index (χ0v) is 15.6. The summed E-state index contributed by atoms with van der Waals surface area (Å²) in [6.45, 7) is 0. The fourth-order valence-electron chi connectivity index (χ4n) is 2.61. The number of benzene rings is 1. The summed E-state index contributed by atoms with van der Waals surface area (Å²) in [5, 5.41) is 10.5. The minimum absolute atomic E-state index is 0.0103. The number of nitrogens with zero attached hydrogens (tertiary/aromatic N) is 3. The van der Waals surface area contributed by atoms with E-state index in [1.54, 1.807) is 12.1 Å². The van der Waals surface area contributed by atoms with E-state index in [4.69, 9.17) is 5.26 Å². The minimum Gasteiger partial charge on any atom is -0.304 e. The van der Waals surface area contributed by atoms with Crippen LogP contribution in [0.15, 0.2) is 59.1 Å². The molecule has 1 atom stereocenters. The van der Waals surface area contributed by atoms with Crippen LogP contribution in [-0.4, -0.2) is 36.9 Å². The summed E-state index contributed by atoms with van der Waals surface area (Å²) in [6.07, 6.45) is 2.94. The van der Waals surface area contributed by atoms with Crippen LogP contribution in [-0.2, 0) is 14.6 Å². The fraction of sp³-hybridized carbons (Fsp3) is 0.167. The van der Waals surface area contributed by atoms with Crippen molar-refractivity contribution in [2.75, 3.05) is 16.4 Å². The van der Waals surface area contributed by atoms with Crippen LogP contribution in [0.4, 0.5) is 10.1 Å². The van der Waals surface area contributed by atoms with Crippen molar-refractivity contribution in [3.63, 3.8) is 0 Å². The van der Waals surface area contributed by atoms with Gasteiger partial charge in [-0.15, -0.1) is 0 Å². The van der Waals surface area contributed by atoms with Crippen molar-refractivity contribution in [2.24, 2.45) is 0 Å². The molecule has 2 aromatic rings. The molecule has 9 heteroatoms. The summed E-state index contributed by atoms with van der Waals surface area (Å²) >= 11 is 1.14. The maximum absolute atomic E-state index is 13.2. The van der Waals surface area contributed by atoms with Gasteiger partial charge in [-0.1, -0.05) is 11.8 Å². The maximum Gasteiger partial charge on any atom is 0.237 e. The lowest BCUT2D eigenvalue weighted by atomic mass is 10.2. The zero-order valence-electron chi connectivity index (χ0n) is 13.9. The number of anilines is 1. The van der Waals surface area contributed by atoms with Crippen molar-refractivity contribution in [3.05, 3.63) is 65.5 Å². The minimum atomic E-state index is -3.37. The molecule has 2 heterocycles. The number of thioether (sulfide) groups is 1. The topological polar surface area (TPSA) is 91.1 Å². The van der Waals surface area contributed by atoms with Crippen LogP contribution in [0, 0.1) is 17.1 Å². The van der Waals surface area contributed by atoms with E-state index >= 15 is 0 Å². The quantitative estimate of drug-likeness (QED) is 0.713. The number of amides is 1. The Kier molecular flexibility index (Phi) is 5.58. The number of aromatic nitrogens is 1. The van der Waals surface area contributed by atoms with E-state index in [1.165, 1.54) is 41.4 Å². The number of pyridine rings is 1. The van der Waals surface area contributed by atoms with Gasteiger partial charge in [-0.05, 0) is 42.5 Å². The lowest BCUT2D eigenvalue weighted by molar-refractivity contribution is -0.116. The number of hydrogen-bond donors (Lipinski definition) is 0. The van der Waals surface area contributed by atoms with E-state index in [9.17, 15) is 17.6 Å². The molecule has 27 heavy (non-hydrogen) atoms. The number of halogens is 1.